The monoisotopic (exact) mass is 441 g/mol. The molecule has 1 aliphatic rings. The molecule has 5 nitrogen and oxygen atoms in total. The van der Waals surface area contributed by atoms with E-state index in [-0.39, 0.29) is 40.5 Å². The Morgan fingerprint density at radius 1 is 1.10 bits per heavy atom. The van der Waals surface area contributed by atoms with Crippen LogP contribution in [0.2, 0.25) is 5.02 Å². The number of aromatic hydroxyl groups is 1. The number of aliphatic hydroxyl groups is 1. The van der Waals surface area contributed by atoms with E-state index < -0.39 is 17.7 Å². The first-order chi connectivity index (χ1) is 14.4. The number of hydrogen-bond acceptors (Lipinski definition) is 4. The number of phenols is 1. The summed E-state index contributed by atoms with van der Waals surface area (Å²) in [5, 5.41) is 21.5. The molecule has 2 aromatic rings. The predicted molar refractivity (Wildman–Crippen MR) is 123 cm³/mol. The zero-order valence-electron chi connectivity index (χ0n) is 18.4. The third-order valence-corrected chi connectivity index (χ3v) is 5.63. The molecule has 1 heterocycles. The molecule has 1 aliphatic heterocycles. The molecule has 164 valence electrons. The number of carbonyl (C=O) groups is 2. The van der Waals surface area contributed by atoms with Crippen molar-refractivity contribution in [2.45, 2.75) is 52.5 Å². The molecule has 6 heteroatoms. The number of anilines is 1. The Kier molecular flexibility index (Phi) is 6.19. The highest BCUT2D eigenvalue weighted by Crippen LogP contribution is 2.45. The summed E-state index contributed by atoms with van der Waals surface area (Å²) in [6, 6.07) is 11.1. The highest BCUT2D eigenvalue weighted by Gasteiger charge is 2.45. The van der Waals surface area contributed by atoms with E-state index in [1.54, 1.807) is 0 Å². The second-order valence-corrected chi connectivity index (χ2v) is 9.80. The van der Waals surface area contributed by atoms with Gasteiger partial charge in [0.2, 0.25) is 0 Å². The molecule has 0 aromatic heterocycles. The molecule has 0 aliphatic carbocycles. The molecule has 0 fully saturated rings. The maximum atomic E-state index is 13.1. The van der Waals surface area contributed by atoms with Gasteiger partial charge in [-0.2, -0.15) is 0 Å². The number of rotatable bonds is 5. The van der Waals surface area contributed by atoms with E-state index >= 15 is 0 Å². The van der Waals surface area contributed by atoms with E-state index in [4.69, 9.17) is 11.6 Å². The lowest BCUT2D eigenvalue weighted by Crippen LogP contribution is -2.31. The van der Waals surface area contributed by atoms with Crippen LogP contribution in [0.15, 0.2) is 53.8 Å². The predicted octanol–water partition coefficient (Wildman–Crippen LogP) is 5.86. The molecule has 3 rings (SSSR count). The highest BCUT2D eigenvalue weighted by molar-refractivity contribution is 6.31. The average Bonchev–Trinajstić information content (AvgIpc) is 2.94. The van der Waals surface area contributed by atoms with Crippen LogP contribution in [0.25, 0.3) is 0 Å². The smallest absolute Gasteiger partial charge is 0.294 e. The van der Waals surface area contributed by atoms with E-state index in [2.05, 4.69) is 20.8 Å². The molecule has 0 saturated heterocycles. The molecule has 0 spiro atoms. The van der Waals surface area contributed by atoms with Crippen LogP contribution in [0.5, 0.6) is 5.75 Å². The number of hydrogen-bond donors (Lipinski definition) is 2. The average molecular weight is 442 g/mol. The van der Waals surface area contributed by atoms with Crippen molar-refractivity contribution in [3.8, 4) is 5.75 Å². The van der Waals surface area contributed by atoms with Crippen molar-refractivity contribution in [2.75, 3.05) is 4.90 Å². The van der Waals surface area contributed by atoms with Crippen molar-refractivity contribution in [1.82, 2.24) is 0 Å². The van der Waals surface area contributed by atoms with Gasteiger partial charge >= 0.3 is 0 Å². The van der Waals surface area contributed by atoms with Crippen molar-refractivity contribution in [2.24, 2.45) is 5.92 Å². The normalized spacial score (nSPS) is 17.1. The summed E-state index contributed by atoms with van der Waals surface area (Å²) in [7, 11) is 0. The van der Waals surface area contributed by atoms with Crippen LogP contribution < -0.4 is 4.90 Å². The number of nitrogens with zero attached hydrogens (tertiary/aromatic N) is 1. The molecular weight excluding hydrogens is 414 g/mol. The number of carbonyl (C=O) groups excluding carboxylic acids is 2. The SMILES string of the molecule is CC(C)CC(=O)C1=C(O)C(=O)N(c2cc(Cl)ccc2O)C1c1ccc(C(C)(C)C)cc1. The van der Waals surface area contributed by atoms with Crippen LogP contribution in [0.3, 0.4) is 0 Å². The second-order valence-electron chi connectivity index (χ2n) is 9.37. The van der Waals surface area contributed by atoms with Crippen LogP contribution in [0.4, 0.5) is 5.69 Å². The van der Waals surface area contributed by atoms with Gasteiger partial charge in [-0.25, -0.2) is 0 Å². The van der Waals surface area contributed by atoms with E-state index in [0.29, 0.717) is 10.6 Å². The van der Waals surface area contributed by atoms with Gasteiger partial charge in [0.15, 0.2) is 11.5 Å². The number of phenolic OH excluding ortho intramolecular Hbond substituents is 1. The molecule has 0 radical (unpaired) electrons. The Bertz CT molecular complexity index is 1050. The van der Waals surface area contributed by atoms with Gasteiger partial charge in [-0.05, 0) is 40.7 Å². The minimum absolute atomic E-state index is 0.0431. The quantitative estimate of drug-likeness (QED) is 0.609. The minimum Gasteiger partial charge on any atom is -0.506 e. The van der Waals surface area contributed by atoms with E-state index in [1.807, 2.05) is 38.1 Å². The van der Waals surface area contributed by atoms with Crippen LogP contribution in [0.1, 0.15) is 58.2 Å². The number of aliphatic hydroxyl groups excluding tert-OH is 1. The molecule has 2 aromatic carbocycles. The fraction of sp³-hybridized carbons (Fsp3) is 0.360. The van der Waals surface area contributed by atoms with Gasteiger partial charge in [-0.15, -0.1) is 0 Å². The van der Waals surface area contributed by atoms with E-state index in [1.165, 1.54) is 23.1 Å². The largest absolute Gasteiger partial charge is 0.506 e. The van der Waals surface area contributed by atoms with E-state index in [9.17, 15) is 19.8 Å². The molecule has 0 bridgehead atoms. The first kappa shape index (κ1) is 22.9. The van der Waals surface area contributed by atoms with Crippen LogP contribution in [-0.2, 0) is 15.0 Å². The number of halogens is 1. The zero-order chi connectivity index (χ0) is 23.1. The molecule has 1 amide bonds. The fourth-order valence-corrected chi connectivity index (χ4v) is 3.96. The van der Waals surface area contributed by atoms with Crippen LogP contribution in [-0.4, -0.2) is 21.9 Å². The first-order valence-corrected chi connectivity index (χ1v) is 10.7. The third kappa shape index (κ3) is 4.47. The molecule has 1 atom stereocenters. The van der Waals surface area contributed by atoms with Crippen molar-refractivity contribution in [1.29, 1.82) is 0 Å². The summed E-state index contributed by atoms with van der Waals surface area (Å²) >= 11 is 6.12. The maximum Gasteiger partial charge on any atom is 0.294 e. The van der Waals surface area contributed by atoms with Crippen molar-refractivity contribution in [3.63, 3.8) is 0 Å². The Hall–Kier alpha value is -2.79. The number of benzene rings is 2. The first-order valence-electron chi connectivity index (χ1n) is 10.3. The number of Topliss-reactive ketones (excluding diaryl/α,β-unsaturated/α-hetero) is 1. The van der Waals surface area contributed by atoms with Gasteiger partial charge in [0.1, 0.15) is 5.75 Å². The highest BCUT2D eigenvalue weighted by atomic mass is 35.5. The van der Waals surface area contributed by atoms with Gasteiger partial charge in [-0.1, -0.05) is 70.5 Å². The van der Waals surface area contributed by atoms with Gasteiger partial charge in [0.05, 0.1) is 17.3 Å². The second kappa shape index (κ2) is 8.39. The summed E-state index contributed by atoms with van der Waals surface area (Å²) in [6.45, 7) is 10.1. The Morgan fingerprint density at radius 2 is 1.71 bits per heavy atom. The molecule has 31 heavy (non-hydrogen) atoms. The topological polar surface area (TPSA) is 77.8 Å². The third-order valence-electron chi connectivity index (χ3n) is 5.39. The molecule has 2 N–H and O–H groups in total. The lowest BCUT2D eigenvalue weighted by Gasteiger charge is -2.28. The lowest BCUT2D eigenvalue weighted by molar-refractivity contribution is -0.118. The fourth-order valence-electron chi connectivity index (χ4n) is 3.79. The Morgan fingerprint density at radius 3 is 2.26 bits per heavy atom. The maximum absolute atomic E-state index is 13.1. The summed E-state index contributed by atoms with van der Waals surface area (Å²) in [5.74, 6) is -1.74. The zero-order valence-corrected chi connectivity index (χ0v) is 19.2. The summed E-state index contributed by atoms with van der Waals surface area (Å²) in [5.41, 5.74) is 1.88. The summed E-state index contributed by atoms with van der Waals surface area (Å²) in [4.78, 5) is 27.4. The Labute approximate surface area is 188 Å². The summed E-state index contributed by atoms with van der Waals surface area (Å²) in [6.07, 6.45) is 0.193. The molecule has 0 saturated carbocycles. The van der Waals surface area contributed by atoms with Gasteiger partial charge in [0, 0.05) is 11.4 Å². The van der Waals surface area contributed by atoms with Crippen molar-refractivity contribution in [3.05, 3.63) is 69.9 Å². The standard InChI is InChI=1S/C25H28ClNO4/c1-14(2)12-20(29)21-22(15-6-8-16(9-7-15)25(3,4)5)27(24(31)23(21)30)18-13-17(26)10-11-19(18)28/h6-11,13-14,22,28,30H,12H2,1-5H3. The van der Waals surface area contributed by atoms with Gasteiger partial charge in [-0.3, -0.25) is 14.5 Å². The van der Waals surface area contributed by atoms with Crippen LogP contribution >= 0.6 is 11.6 Å². The molecular formula is C25H28ClNO4. The minimum atomic E-state index is -0.864. The number of ketones is 1. The van der Waals surface area contributed by atoms with E-state index in [0.717, 1.165) is 5.56 Å². The van der Waals surface area contributed by atoms with Gasteiger partial charge in [0.25, 0.3) is 5.91 Å². The summed E-state index contributed by atoms with van der Waals surface area (Å²) < 4.78 is 0. The Balaban J connectivity index is 2.18. The van der Waals surface area contributed by atoms with Crippen molar-refractivity contribution >= 4 is 29.0 Å². The van der Waals surface area contributed by atoms with Crippen molar-refractivity contribution < 1.29 is 19.8 Å². The molecule has 1 unspecified atom stereocenters. The van der Waals surface area contributed by atoms with Crippen LogP contribution in [0, 0.1) is 5.92 Å². The lowest BCUT2D eigenvalue weighted by atomic mass is 9.85. The number of amides is 1. The van der Waals surface area contributed by atoms with Gasteiger partial charge < -0.3 is 10.2 Å².